The second-order valence-corrected chi connectivity index (χ2v) is 4.29. The van der Waals surface area contributed by atoms with E-state index in [9.17, 15) is 9.59 Å². The summed E-state index contributed by atoms with van der Waals surface area (Å²) in [5, 5.41) is 18.0. The second-order valence-electron chi connectivity index (χ2n) is 4.29. The third-order valence-corrected chi connectivity index (χ3v) is 2.97. The van der Waals surface area contributed by atoms with Crippen LogP contribution in [0.4, 0.5) is 0 Å². The number of amides is 1. The number of H-pyrrole nitrogens is 1. The Labute approximate surface area is 104 Å². The van der Waals surface area contributed by atoms with Crippen molar-refractivity contribution in [2.45, 2.75) is 38.0 Å². The Morgan fingerprint density at radius 3 is 2.83 bits per heavy atom. The van der Waals surface area contributed by atoms with Gasteiger partial charge in [0.2, 0.25) is 5.91 Å². The molecule has 0 radical (unpaired) electrons. The van der Waals surface area contributed by atoms with Gasteiger partial charge in [-0.15, -0.1) is 0 Å². The van der Waals surface area contributed by atoms with Crippen LogP contribution < -0.4 is 5.32 Å². The van der Waals surface area contributed by atoms with Gasteiger partial charge in [-0.05, 0) is 19.8 Å². The Morgan fingerprint density at radius 1 is 1.56 bits per heavy atom. The first-order valence-electron chi connectivity index (χ1n) is 5.75. The maximum absolute atomic E-state index is 11.9. The number of carboxylic acid groups (broad SMARTS) is 1. The van der Waals surface area contributed by atoms with Crippen molar-refractivity contribution in [3.63, 3.8) is 0 Å². The Hall–Kier alpha value is -1.89. The number of hydrogen-bond donors (Lipinski definition) is 3. The van der Waals surface area contributed by atoms with E-state index in [0.29, 0.717) is 12.8 Å². The first kappa shape index (κ1) is 12.6. The summed E-state index contributed by atoms with van der Waals surface area (Å²) in [5.74, 6) is -1.30. The highest BCUT2D eigenvalue weighted by Crippen LogP contribution is 2.21. The predicted molar refractivity (Wildman–Crippen MR) is 60.7 cm³/mol. The first-order chi connectivity index (χ1) is 8.58. The zero-order chi connectivity index (χ0) is 13.1. The van der Waals surface area contributed by atoms with Gasteiger partial charge in [0, 0.05) is 11.8 Å². The Kier molecular flexibility index (Phi) is 3.61. The van der Waals surface area contributed by atoms with Crippen molar-refractivity contribution < 1.29 is 19.4 Å². The van der Waals surface area contributed by atoms with Gasteiger partial charge in [-0.3, -0.25) is 9.89 Å². The summed E-state index contributed by atoms with van der Waals surface area (Å²) in [6.07, 6.45) is 2.57. The lowest BCUT2D eigenvalue weighted by molar-refractivity contribution is -0.151. The van der Waals surface area contributed by atoms with Gasteiger partial charge in [0.1, 0.15) is 6.10 Å². The molecule has 1 aliphatic heterocycles. The van der Waals surface area contributed by atoms with Gasteiger partial charge in [0.25, 0.3) is 0 Å². The molecule has 2 heterocycles. The molecule has 1 unspecified atom stereocenters. The van der Waals surface area contributed by atoms with Gasteiger partial charge in [-0.25, -0.2) is 4.79 Å². The van der Waals surface area contributed by atoms with E-state index in [1.165, 1.54) is 0 Å². The number of carboxylic acids is 1. The van der Waals surface area contributed by atoms with Gasteiger partial charge in [0.05, 0.1) is 12.2 Å². The molecule has 1 fully saturated rings. The zero-order valence-corrected chi connectivity index (χ0v) is 9.92. The van der Waals surface area contributed by atoms with E-state index < -0.39 is 18.2 Å². The lowest BCUT2D eigenvalue weighted by Crippen LogP contribution is -2.36. The molecule has 1 aliphatic rings. The van der Waals surface area contributed by atoms with Crippen LogP contribution in [-0.4, -0.2) is 39.4 Å². The summed E-state index contributed by atoms with van der Waals surface area (Å²) in [4.78, 5) is 22.6. The van der Waals surface area contributed by atoms with Crippen molar-refractivity contribution in [1.29, 1.82) is 0 Å². The molecule has 7 heteroatoms. The Morgan fingerprint density at radius 2 is 2.28 bits per heavy atom. The Bertz CT molecular complexity index is 432. The van der Waals surface area contributed by atoms with Crippen LogP contribution in [-0.2, 0) is 14.3 Å². The number of aromatic nitrogens is 2. The highest BCUT2D eigenvalue weighted by atomic mass is 16.5. The molecule has 1 aromatic heterocycles. The van der Waals surface area contributed by atoms with Gasteiger partial charge in [-0.2, -0.15) is 5.10 Å². The fourth-order valence-corrected chi connectivity index (χ4v) is 1.90. The fraction of sp³-hybridized carbons (Fsp3) is 0.545. The SMILES string of the molecule is CC(NC(=O)[C@@H]1CC[C@H](C(=O)O)O1)c1cn[nH]c1. The van der Waals surface area contributed by atoms with Crippen LogP contribution >= 0.6 is 0 Å². The van der Waals surface area contributed by atoms with Crippen molar-refractivity contribution in [3.05, 3.63) is 18.0 Å². The lowest BCUT2D eigenvalue weighted by Gasteiger charge is -2.16. The summed E-state index contributed by atoms with van der Waals surface area (Å²) in [5.41, 5.74) is 0.858. The highest BCUT2D eigenvalue weighted by molar-refractivity contribution is 5.82. The molecule has 0 aliphatic carbocycles. The van der Waals surface area contributed by atoms with Crippen LogP contribution in [0.5, 0.6) is 0 Å². The molecule has 1 amide bonds. The lowest BCUT2D eigenvalue weighted by atomic mass is 10.1. The van der Waals surface area contributed by atoms with Crippen LogP contribution in [0.2, 0.25) is 0 Å². The molecule has 7 nitrogen and oxygen atoms in total. The molecule has 2 rings (SSSR count). The third-order valence-electron chi connectivity index (χ3n) is 2.97. The van der Waals surface area contributed by atoms with Crippen LogP contribution in [0.15, 0.2) is 12.4 Å². The van der Waals surface area contributed by atoms with E-state index in [1.807, 2.05) is 6.92 Å². The molecule has 1 saturated heterocycles. The van der Waals surface area contributed by atoms with Crippen molar-refractivity contribution >= 4 is 11.9 Å². The maximum Gasteiger partial charge on any atom is 0.332 e. The summed E-state index contributed by atoms with van der Waals surface area (Å²) < 4.78 is 5.17. The molecular formula is C11H15N3O4. The van der Waals surface area contributed by atoms with Crippen molar-refractivity contribution in [2.24, 2.45) is 0 Å². The van der Waals surface area contributed by atoms with Gasteiger partial charge < -0.3 is 15.2 Å². The second kappa shape index (κ2) is 5.18. The number of nitrogens with one attached hydrogen (secondary N) is 2. The molecule has 0 saturated carbocycles. The molecule has 0 spiro atoms. The normalized spacial score (nSPS) is 24.7. The summed E-state index contributed by atoms with van der Waals surface area (Å²) in [7, 11) is 0. The number of ether oxygens (including phenoxy) is 1. The molecular weight excluding hydrogens is 238 g/mol. The maximum atomic E-state index is 11.9. The van der Waals surface area contributed by atoms with E-state index in [1.54, 1.807) is 12.4 Å². The zero-order valence-electron chi connectivity index (χ0n) is 9.92. The minimum absolute atomic E-state index is 0.191. The third kappa shape index (κ3) is 2.67. The van der Waals surface area contributed by atoms with Crippen LogP contribution in [0, 0.1) is 0 Å². The molecule has 18 heavy (non-hydrogen) atoms. The first-order valence-corrected chi connectivity index (χ1v) is 5.75. The van der Waals surface area contributed by atoms with Gasteiger partial charge in [-0.1, -0.05) is 0 Å². The van der Waals surface area contributed by atoms with E-state index in [2.05, 4.69) is 15.5 Å². The van der Waals surface area contributed by atoms with E-state index in [0.717, 1.165) is 5.56 Å². The number of aliphatic carboxylic acids is 1. The number of aromatic amines is 1. The van der Waals surface area contributed by atoms with E-state index in [-0.39, 0.29) is 11.9 Å². The fourth-order valence-electron chi connectivity index (χ4n) is 1.90. The van der Waals surface area contributed by atoms with E-state index in [4.69, 9.17) is 9.84 Å². The van der Waals surface area contributed by atoms with Gasteiger partial charge >= 0.3 is 5.97 Å². The van der Waals surface area contributed by atoms with Crippen molar-refractivity contribution in [1.82, 2.24) is 15.5 Å². The van der Waals surface area contributed by atoms with E-state index >= 15 is 0 Å². The van der Waals surface area contributed by atoms with Crippen LogP contribution in [0.25, 0.3) is 0 Å². The monoisotopic (exact) mass is 253 g/mol. The number of hydrogen-bond acceptors (Lipinski definition) is 4. The number of carbonyl (C=O) groups is 2. The minimum Gasteiger partial charge on any atom is -0.479 e. The van der Waals surface area contributed by atoms with Crippen LogP contribution in [0.1, 0.15) is 31.4 Å². The summed E-state index contributed by atoms with van der Waals surface area (Å²) in [6, 6.07) is -0.191. The largest absolute Gasteiger partial charge is 0.479 e. The molecule has 3 N–H and O–H groups in total. The van der Waals surface area contributed by atoms with Crippen molar-refractivity contribution in [3.8, 4) is 0 Å². The van der Waals surface area contributed by atoms with Crippen LogP contribution in [0.3, 0.4) is 0 Å². The molecule has 98 valence electrons. The average molecular weight is 253 g/mol. The minimum atomic E-state index is -1.02. The number of rotatable bonds is 4. The topological polar surface area (TPSA) is 104 Å². The summed E-state index contributed by atoms with van der Waals surface area (Å²) >= 11 is 0. The number of nitrogens with zero attached hydrogens (tertiary/aromatic N) is 1. The predicted octanol–water partition coefficient (Wildman–Crippen LogP) is 0.219. The molecule has 1 aromatic rings. The quantitative estimate of drug-likeness (QED) is 0.712. The molecule has 3 atom stereocenters. The van der Waals surface area contributed by atoms with Crippen molar-refractivity contribution in [2.75, 3.05) is 0 Å². The molecule has 0 bridgehead atoms. The molecule has 0 aromatic carbocycles. The summed E-state index contributed by atoms with van der Waals surface area (Å²) in [6.45, 7) is 1.83. The highest BCUT2D eigenvalue weighted by Gasteiger charge is 2.35. The number of carbonyl (C=O) groups excluding carboxylic acids is 1. The smallest absolute Gasteiger partial charge is 0.332 e. The standard InChI is InChI=1S/C11H15N3O4/c1-6(7-4-12-13-5-7)14-10(15)8-2-3-9(18-8)11(16)17/h4-6,8-9H,2-3H2,1H3,(H,12,13)(H,14,15)(H,16,17)/t6?,8-,9+/m0/s1. The Balaban J connectivity index is 1.87. The van der Waals surface area contributed by atoms with Gasteiger partial charge in [0.15, 0.2) is 6.10 Å². The average Bonchev–Trinajstić information content (AvgIpc) is 3.00.